The number of aliphatic carboxylic acids is 1. The lowest BCUT2D eigenvalue weighted by Crippen LogP contribution is -2.29. The Kier molecular flexibility index (Phi) is 5.97. The van der Waals surface area contributed by atoms with Crippen LogP contribution in [0.15, 0.2) is 0 Å². The number of nitrogens with one attached hydrogen (secondary N) is 1. The Labute approximate surface area is 102 Å². The van der Waals surface area contributed by atoms with Gasteiger partial charge in [0, 0.05) is 32.5 Å². The topological polar surface area (TPSA) is 69.6 Å². The van der Waals surface area contributed by atoms with E-state index in [4.69, 9.17) is 5.11 Å². The van der Waals surface area contributed by atoms with Crippen LogP contribution in [0.3, 0.4) is 0 Å². The number of carboxylic acid groups (broad SMARTS) is 1. The van der Waals surface area contributed by atoms with E-state index in [-0.39, 0.29) is 12.3 Å². The van der Waals surface area contributed by atoms with E-state index < -0.39 is 5.97 Å². The molecule has 0 spiro atoms. The lowest BCUT2D eigenvalue weighted by molar-refractivity contribution is -0.137. The van der Waals surface area contributed by atoms with Crippen molar-refractivity contribution in [1.29, 1.82) is 0 Å². The van der Waals surface area contributed by atoms with Crippen molar-refractivity contribution in [3.8, 4) is 0 Å². The van der Waals surface area contributed by atoms with E-state index in [1.165, 1.54) is 0 Å². The number of hydrogen-bond donors (Lipinski definition) is 2. The van der Waals surface area contributed by atoms with Gasteiger partial charge in [0.15, 0.2) is 0 Å². The van der Waals surface area contributed by atoms with Gasteiger partial charge >= 0.3 is 5.97 Å². The molecule has 0 radical (unpaired) electrons. The number of carboxylic acids is 1. The molecule has 1 rings (SSSR count). The molecular formula is C12H22N2O3. The van der Waals surface area contributed by atoms with E-state index in [1.807, 2.05) is 6.92 Å². The highest BCUT2D eigenvalue weighted by atomic mass is 16.4. The summed E-state index contributed by atoms with van der Waals surface area (Å²) in [5.41, 5.74) is 0. The van der Waals surface area contributed by atoms with Gasteiger partial charge in [-0.25, -0.2) is 0 Å². The summed E-state index contributed by atoms with van der Waals surface area (Å²) in [6, 6.07) is 0. The Morgan fingerprint density at radius 1 is 1.41 bits per heavy atom. The summed E-state index contributed by atoms with van der Waals surface area (Å²) in [6.45, 7) is 5.31. The number of hydrogen-bond acceptors (Lipinski definition) is 3. The highest BCUT2D eigenvalue weighted by molar-refractivity contribution is 5.75. The largest absolute Gasteiger partial charge is 0.481 e. The standard InChI is InChI=1S/C12H22N2O3/c1-2-13-11(15)6-8-14-7-5-10(9-14)3-4-12(16)17/h10H,2-9H2,1H3,(H,13,15)(H,16,17). The summed E-state index contributed by atoms with van der Waals surface area (Å²) in [5, 5.41) is 11.4. The van der Waals surface area contributed by atoms with E-state index in [2.05, 4.69) is 10.2 Å². The fourth-order valence-corrected chi connectivity index (χ4v) is 2.22. The van der Waals surface area contributed by atoms with Crippen LogP contribution in [-0.2, 0) is 9.59 Å². The summed E-state index contributed by atoms with van der Waals surface area (Å²) in [7, 11) is 0. The Morgan fingerprint density at radius 3 is 2.82 bits per heavy atom. The first-order chi connectivity index (χ1) is 8.11. The van der Waals surface area contributed by atoms with Gasteiger partial charge in [-0.1, -0.05) is 0 Å². The lowest BCUT2D eigenvalue weighted by atomic mass is 10.0. The minimum absolute atomic E-state index is 0.0986. The van der Waals surface area contributed by atoms with Gasteiger partial charge in [-0.05, 0) is 32.2 Å². The van der Waals surface area contributed by atoms with Crippen molar-refractivity contribution in [3.05, 3.63) is 0 Å². The molecule has 0 aromatic rings. The van der Waals surface area contributed by atoms with E-state index in [9.17, 15) is 9.59 Å². The molecule has 2 N–H and O–H groups in total. The van der Waals surface area contributed by atoms with Crippen molar-refractivity contribution in [1.82, 2.24) is 10.2 Å². The zero-order valence-corrected chi connectivity index (χ0v) is 10.4. The van der Waals surface area contributed by atoms with E-state index in [1.54, 1.807) is 0 Å². The molecule has 1 heterocycles. The maximum atomic E-state index is 11.3. The van der Waals surface area contributed by atoms with Gasteiger partial charge in [-0.3, -0.25) is 9.59 Å². The number of likely N-dealkylation sites (tertiary alicyclic amines) is 1. The second kappa shape index (κ2) is 7.27. The summed E-state index contributed by atoms with van der Waals surface area (Å²) in [4.78, 5) is 24.0. The molecule has 1 aliphatic heterocycles. The predicted molar refractivity (Wildman–Crippen MR) is 64.7 cm³/mol. The van der Waals surface area contributed by atoms with Gasteiger partial charge < -0.3 is 15.3 Å². The molecule has 0 aromatic carbocycles. The van der Waals surface area contributed by atoms with Crippen molar-refractivity contribution in [2.75, 3.05) is 26.2 Å². The molecule has 0 bridgehead atoms. The van der Waals surface area contributed by atoms with E-state index >= 15 is 0 Å². The van der Waals surface area contributed by atoms with Gasteiger partial charge in [-0.15, -0.1) is 0 Å². The second-order valence-electron chi connectivity index (χ2n) is 4.59. The molecule has 0 saturated carbocycles. The molecule has 1 aliphatic rings. The summed E-state index contributed by atoms with van der Waals surface area (Å²) in [6.07, 6.45) is 2.62. The van der Waals surface area contributed by atoms with Crippen LogP contribution in [0.5, 0.6) is 0 Å². The van der Waals surface area contributed by atoms with Crippen LogP contribution in [0, 0.1) is 5.92 Å². The molecule has 1 fully saturated rings. The summed E-state index contributed by atoms with van der Waals surface area (Å²) in [5.74, 6) is -0.132. The third kappa shape index (κ3) is 5.68. The van der Waals surface area contributed by atoms with Crippen LogP contribution in [-0.4, -0.2) is 48.1 Å². The highest BCUT2D eigenvalue weighted by Gasteiger charge is 2.22. The van der Waals surface area contributed by atoms with Gasteiger partial charge in [0.2, 0.25) is 5.91 Å². The Bertz CT molecular complexity index is 268. The number of carbonyl (C=O) groups excluding carboxylic acids is 1. The third-order valence-electron chi connectivity index (χ3n) is 3.17. The maximum Gasteiger partial charge on any atom is 0.303 e. The SMILES string of the molecule is CCNC(=O)CCN1CCC(CCC(=O)O)C1. The monoisotopic (exact) mass is 242 g/mol. The first-order valence-corrected chi connectivity index (χ1v) is 6.32. The minimum atomic E-state index is -0.717. The fraction of sp³-hybridized carbons (Fsp3) is 0.833. The van der Waals surface area contributed by atoms with Crippen molar-refractivity contribution < 1.29 is 14.7 Å². The predicted octanol–water partition coefficient (Wildman–Crippen LogP) is 0.699. The fourth-order valence-electron chi connectivity index (χ4n) is 2.22. The van der Waals surface area contributed by atoms with Gasteiger partial charge in [0.05, 0.1) is 0 Å². The molecule has 1 unspecified atom stereocenters. The van der Waals surface area contributed by atoms with Crippen molar-refractivity contribution >= 4 is 11.9 Å². The van der Waals surface area contributed by atoms with Crippen LogP contribution in [0.1, 0.15) is 32.6 Å². The first-order valence-electron chi connectivity index (χ1n) is 6.32. The average Bonchev–Trinajstić information content (AvgIpc) is 2.72. The summed E-state index contributed by atoms with van der Waals surface area (Å²) >= 11 is 0. The minimum Gasteiger partial charge on any atom is -0.481 e. The highest BCUT2D eigenvalue weighted by Crippen LogP contribution is 2.20. The van der Waals surface area contributed by atoms with Crippen LogP contribution >= 0.6 is 0 Å². The second-order valence-corrected chi connectivity index (χ2v) is 4.59. The molecule has 1 saturated heterocycles. The number of carbonyl (C=O) groups is 2. The van der Waals surface area contributed by atoms with Crippen LogP contribution in [0.25, 0.3) is 0 Å². The average molecular weight is 242 g/mol. The lowest BCUT2D eigenvalue weighted by Gasteiger charge is -2.15. The molecule has 98 valence electrons. The summed E-state index contributed by atoms with van der Waals surface area (Å²) < 4.78 is 0. The van der Waals surface area contributed by atoms with Crippen LogP contribution in [0.2, 0.25) is 0 Å². The molecule has 1 amide bonds. The van der Waals surface area contributed by atoms with Crippen molar-refractivity contribution in [3.63, 3.8) is 0 Å². The van der Waals surface area contributed by atoms with E-state index in [0.717, 1.165) is 32.5 Å². The third-order valence-corrected chi connectivity index (χ3v) is 3.17. The number of nitrogens with zero attached hydrogens (tertiary/aromatic N) is 1. The molecule has 0 aromatic heterocycles. The molecule has 17 heavy (non-hydrogen) atoms. The molecule has 5 nitrogen and oxygen atoms in total. The number of amides is 1. The molecular weight excluding hydrogens is 220 g/mol. The van der Waals surface area contributed by atoms with Crippen molar-refractivity contribution in [2.45, 2.75) is 32.6 Å². The molecule has 0 aliphatic carbocycles. The normalized spacial score (nSPS) is 20.4. The quantitative estimate of drug-likeness (QED) is 0.689. The smallest absolute Gasteiger partial charge is 0.303 e. The zero-order chi connectivity index (χ0) is 12.7. The van der Waals surface area contributed by atoms with Gasteiger partial charge in [0.25, 0.3) is 0 Å². The first kappa shape index (κ1) is 14.0. The number of rotatable bonds is 7. The van der Waals surface area contributed by atoms with Gasteiger partial charge in [-0.2, -0.15) is 0 Å². The van der Waals surface area contributed by atoms with Crippen LogP contribution in [0.4, 0.5) is 0 Å². The van der Waals surface area contributed by atoms with Crippen molar-refractivity contribution in [2.24, 2.45) is 5.92 Å². The Morgan fingerprint density at radius 2 is 2.18 bits per heavy atom. The van der Waals surface area contributed by atoms with Gasteiger partial charge in [0.1, 0.15) is 0 Å². The molecule has 5 heteroatoms. The Hall–Kier alpha value is -1.10. The maximum absolute atomic E-state index is 11.3. The van der Waals surface area contributed by atoms with E-state index in [0.29, 0.717) is 18.9 Å². The molecule has 1 atom stereocenters. The van der Waals surface area contributed by atoms with Crippen LogP contribution < -0.4 is 5.32 Å². The zero-order valence-electron chi connectivity index (χ0n) is 10.4. The Balaban J connectivity index is 2.13.